The summed E-state index contributed by atoms with van der Waals surface area (Å²) < 4.78 is 13.2. The molecule has 4 rings (SSSR count). The lowest BCUT2D eigenvalue weighted by Crippen LogP contribution is -2.33. The van der Waals surface area contributed by atoms with E-state index in [-0.39, 0.29) is 12.2 Å². The van der Waals surface area contributed by atoms with E-state index >= 15 is 0 Å². The molecule has 28 heavy (non-hydrogen) atoms. The summed E-state index contributed by atoms with van der Waals surface area (Å²) in [7, 11) is 0. The van der Waals surface area contributed by atoms with Crippen LogP contribution in [0.3, 0.4) is 0 Å². The maximum Gasteiger partial charge on any atom is 0.274 e. The molecule has 7 heteroatoms. The Morgan fingerprint density at radius 3 is 2.89 bits per heavy atom. The topological polar surface area (TPSA) is 74.1 Å². The van der Waals surface area contributed by atoms with Crippen molar-refractivity contribution in [3.8, 4) is 5.75 Å². The van der Waals surface area contributed by atoms with Crippen LogP contribution in [0.25, 0.3) is 5.65 Å². The molecule has 1 fully saturated rings. The number of rotatable bonds is 6. The first-order valence-corrected chi connectivity index (χ1v) is 9.43. The first-order chi connectivity index (χ1) is 13.7. The molecule has 3 heterocycles. The number of imidazole rings is 1. The van der Waals surface area contributed by atoms with Gasteiger partial charge in [-0.05, 0) is 55.7 Å². The molecule has 0 aliphatic carbocycles. The number of hydroxylamine groups is 1. The highest BCUT2D eigenvalue weighted by atomic mass is 16.8. The minimum absolute atomic E-state index is 0.309. The molecule has 1 aliphatic rings. The van der Waals surface area contributed by atoms with E-state index in [1.807, 2.05) is 35.9 Å². The number of ether oxygens (including phenoxy) is 2. The summed E-state index contributed by atoms with van der Waals surface area (Å²) in [6, 6.07) is 10.9. The Kier molecular flexibility index (Phi) is 5.55. The number of hydrogen-bond donors (Lipinski definition) is 1. The molecule has 3 aromatic rings. The number of carbonyl (C=O) groups excluding carboxylic acids is 1. The van der Waals surface area contributed by atoms with Gasteiger partial charge in [0.15, 0.2) is 6.29 Å². The lowest BCUT2D eigenvalue weighted by molar-refractivity contribution is -0.186. The van der Waals surface area contributed by atoms with Gasteiger partial charge in [0.05, 0.1) is 5.69 Å². The number of hydrogen-bond acceptors (Lipinski definition) is 5. The molecular formula is C21H23N3O4. The zero-order valence-corrected chi connectivity index (χ0v) is 15.8. The smallest absolute Gasteiger partial charge is 0.274 e. The highest BCUT2D eigenvalue weighted by molar-refractivity contribution is 5.93. The second kappa shape index (κ2) is 8.41. The molecule has 1 saturated heterocycles. The number of fused-ring (bicyclic) bond motifs is 1. The average molecular weight is 381 g/mol. The van der Waals surface area contributed by atoms with Gasteiger partial charge in [0, 0.05) is 31.0 Å². The van der Waals surface area contributed by atoms with Crippen molar-refractivity contribution in [3.05, 3.63) is 65.6 Å². The van der Waals surface area contributed by atoms with Crippen molar-refractivity contribution in [2.24, 2.45) is 0 Å². The fourth-order valence-electron chi connectivity index (χ4n) is 3.12. The van der Waals surface area contributed by atoms with Crippen LogP contribution >= 0.6 is 0 Å². The van der Waals surface area contributed by atoms with Crippen molar-refractivity contribution < 1.29 is 19.1 Å². The van der Waals surface area contributed by atoms with Crippen molar-refractivity contribution in [1.82, 2.24) is 14.9 Å². The Morgan fingerprint density at radius 2 is 2.14 bits per heavy atom. The van der Waals surface area contributed by atoms with E-state index in [1.54, 1.807) is 24.3 Å². The minimum Gasteiger partial charge on any atom is -0.487 e. The zero-order chi connectivity index (χ0) is 19.3. The van der Waals surface area contributed by atoms with Crippen molar-refractivity contribution >= 4 is 11.6 Å². The van der Waals surface area contributed by atoms with Crippen LogP contribution in [0, 0.1) is 6.92 Å². The van der Waals surface area contributed by atoms with Crippen LogP contribution in [0.5, 0.6) is 5.75 Å². The predicted octanol–water partition coefficient (Wildman–Crippen LogP) is 3.41. The van der Waals surface area contributed by atoms with E-state index in [1.165, 1.54) is 0 Å². The Bertz CT molecular complexity index is 946. The van der Waals surface area contributed by atoms with E-state index in [0.29, 0.717) is 24.5 Å². The van der Waals surface area contributed by atoms with Gasteiger partial charge in [-0.2, -0.15) is 0 Å². The SMILES string of the molecule is Cc1cccn2cc(COc3ccc(C(=O)NOC4CCCCO4)cc3)nc12. The van der Waals surface area contributed by atoms with Crippen LogP contribution in [-0.4, -0.2) is 28.2 Å². The number of amides is 1. The highest BCUT2D eigenvalue weighted by Crippen LogP contribution is 2.16. The number of benzene rings is 1. The van der Waals surface area contributed by atoms with Gasteiger partial charge in [0.25, 0.3) is 5.91 Å². The second-order valence-corrected chi connectivity index (χ2v) is 6.81. The number of aryl methyl sites for hydroxylation is 1. The maximum absolute atomic E-state index is 12.2. The highest BCUT2D eigenvalue weighted by Gasteiger charge is 2.16. The Morgan fingerprint density at radius 1 is 1.29 bits per heavy atom. The molecule has 1 N–H and O–H groups in total. The summed E-state index contributed by atoms with van der Waals surface area (Å²) in [6.45, 7) is 3.05. The van der Waals surface area contributed by atoms with Crippen LogP contribution in [-0.2, 0) is 16.2 Å². The minimum atomic E-state index is -0.366. The van der Waals surface area contributed by atoms with Crippen molar-refractivity contribution in [3.63, 3.8) is 0 Å². The molecule has 146 valence electrons. The third-order valence-electron chi connectivity index (χ3n) is 4.65. The molecule has 7 nitrogen and oxygen atoms in total. The lowest BCUT2D eigenvalue weighted by atomic mass is 10.2. The monoisotopic (exact) mass is 381 g/mol. The van der Waals surface area contributed by atoms with Gasteiger partial charge in [-0.3, -0.25) is 4.79 Å². The van der Waals surface area contributed by atoms with Crippen LogP contribution in [0.1, 0.15) is 40.9 Å². The molecule has 0 spiro atoms. The van der Waals surface area contributed by atoms with Gasteiger partial charge < -0.3 is 13.9 Å². The lowest BCUT2D eigenvalue weighted by Gasteiger charge is -2.22. The molecule has 1 aromatic carbocycles. The van der Waals surface area contributed by atoms with Gasteiger partial charge >= 0.3 is 0 Å². The summed E-state index contributed by atoms with van der Waals surface area (Å²) in [5, 5.41) is 0. The Hall–Kier alpha value is -2.90. The van der Waals surface area contributed by atoms with E-state index in [0.717, 1.165) is 36.2 Å². The molecular weight excluding hydrogens is 358 g/mol. The van der Waals surface area contributed by atoms with Gasteiger partial charge in [-0.25, -0.2) is 15.3 Å². The summed E-state index contributed by atoms with van der Waals surface area (Å²) in [4.78, 5) is 22.1. The summed E-state index contributed by atoms with van der Waals surface area (Å²) in [5.74, 6) is 0.360. The molecule has 1 unspecified atom stereocenters. The van der Waals surface area contributed by atoms with Crippen LogP contribution in [0.4, 0.5) is 0 Å². The summed E-state index contributed by atoms with van der Waals surface area (Å²) >= 11 is 0. The number of nitrogens with zero attached hydrogens (tertiary/aromatic N) is 2. The number of pyridine rings is 1. The molecule has 1 aliphatic heterocycles. The number of nitrogens with one attached hydrogen (secondary N) is 1. The average Bonchev–Trinajstić information content (AvgIpc) is 3.16. The third-order valence-corrected chi connectivity index (χ3v) is 4.65. The predicted molar refractivity (Wildman–Crippen MR) is 103 cm³/mol. The van der Waals surface area contributed by atoms with Gasteiger partial charge in [0.2, 0.25) is 0 Å². The maximum atomic E-state index is 12.2. The van der Waals surface area contributed by atoms with Crippen LogP contribution in [0.2, 0.25) is 0 Å². The normalized spacial score (nSPS) is 16.8. The van der Waals surface area contributed by atoms with Crippen molar-refractivity contribution in [2.45, 2.75) is 39.1 Å². The molecule has 0 radical (unpaired) electrons. The fraction of sp³-hybridized carbons (Fsp3) is 0.333. The Labute approximate surface area is 163 Å². The first kappa shape index (κ1) is 18.5. The molecule has 2 aromatic heterocycles. The van der Waals surface area contributed by atoms with Gasteiger partial charge in [-0.1, -0.05) is 6.07 Å². The largest absolute Gasteiger partial charge is 0.487 e. The van der Waals surface area contributed by atoms with Crippen molar-refractivity contribution in [2.75, 3.05) is 6.61 Å². The fourth-order valence-corrected chi connectivity index (χ4v) is 3.12. The van der Waals surface area contributed by atoms with E-state index < -0.39 is 0 Å². The third kappa shape index (κ3) is 4.32. The quantitative estimate of drug-likeness (QED) is 0.663. The Balaban J connectivity index is 1.31. The van der Waals surface area contributed by atoms with Gasteiger partial charge in [-0.15, -0.1) is 0 Å². The van der Waals surface area contributed by atoms with Gasteiger partial charge in [0.1, 0.15) is 18.0 Å². The first-order valence-electron chi connectivity index (χ1n) is 9.43. The summed E-state index contributed by atoms with van der Waals surface area (Å²) in [6.07, 6.45) is 6.41. The van der Waals surface area contributed by atoms with Crippen molar-refractivity contribution in [1.29, 1.82) is 0 Å². The standard InChI is InChI=1S/C21H23N3O4/c1-15-5-4-11-24-13-17(22-20(15)24)14-27-18-9-7-16(8-10-18)21(25)23-28-19-6-2-3-12-26-19/h4-5,7-11,13,19H,2-3,6,12,14H2,1H3,(H,23,25). The van der Waals surface area contributed by atoms with Crippen LogP contribution < -0.4 is 10.2 Å². The number of aromatic nitrogens is 2. The van der Waals surface area contributed by atoms with E-state index in [2.05, 4.69) is 10.5 Å². The van der Waals surface area contributed by atoms with E-state index in [4.69, 9.17) is 14.3 Å². The second-order valence-electron chi connectivity index (χ2n) is 6.81. The summed E-state index contributed by atoms with van der Waals surface area (Å²) in [5.41, 5.74) is 5.83. The molecule has 0 saturated carbocycles. The van der Waals surface area contributed by atoms with Crippen LogP contribution in [0.15, 0.2) is 48.8 Å². The molecule has 1 amide bonds. The zero-order valence-electron chi connectivity index (χ0n) is 15.8. The molecule has 1 atom stereocenters. The number of carbonyl (C=O) groups is 1. The van der Waals surface area contributed by atoms with E-state index in [9.17, 15) is 4.79 Å². The molecule has 0 bridgehead atoms.